The van der Waals surface area contributed by atoms with Crippen molar-refractivity contribution in [1.82, 2.24) is 14.8 Å². The maximum atomic E-state index is 12.6. The first-order chi connectivity index (χ1) is 14.6. The SMILES string of the molecule is Cc1cccc(-c2nnc(SCC(=O)Nc3ccccc3-c3ccccc3)n2C)c1. The number of benzene rings is 3. The minimum atomic E-state index is -0.0801. The Hall–Kier alpha value is -3.38. The molecule has 150 valence electrons. The fourth-order valence-corrected chi connectivity index (χ4v) is 3.97. The van der Waals surface area contributed by atoms with Crippen LogP contribution in [0, 0.1) is 6.92 Å². The van der Waals surface area contributed by atoms with Crippen LogP contribution in [-0.2, 0) is 11.8 Å². The maximum Gasteiger partial charge on any atom is 0.234 e. The maximum absolute atomic E-state index is 12.6. The zero-order valence-electron chi connectivity index (χ0n) is 16.9. The number of nitrogens with zero attached hydrogens (tertiary/aromatic N) is 3. The molecular weight excluding hydrogens is 392 g/mol. The molecule has 3 aromatic carbocycles. The fraction of sp³-hybridized carbons (Fsp3) is 0.125. The predicted molar refractivity (Wildman–Crippen MR) is 122 cm³/mol. The van der Waals surface area contributed by atoms with Crippen molar-refractivity contribution in [2.75, 3.05) is 11.1 Å². The summed E-state index contributed by atoms with van der Waals surface area (Å²) in [4.78, 5) is 12.6. The molecule has 1 N–H and O–H groups in total. The van der Waals surface area contributed by atoms with Gasteiger partial charge in [0.25, 0.3) is 0 Å². The third-order valence-corrected chi connectivity index (χ3v) is 5.75. The van der Waals surface area contributed by atoms with E-state index in [0.717, 1.165) is 28.2 Å². The van der Waals surface area contributed by atoms with E-state index in [-0.39, 0.29) is 11.7 Å². The molecule has 0 aliphatic rings. The summed E-state index contributed by atoms with van der Waals surface area (Å²) in [5, 5.41) is 12.3. The second kappa shape index (κ2) is 8.97. The second-order valence-corrected chi connectivity index (χ2v) is 7.93. The van der Waals surface area contributed by atoms with Gasteiger partial charge in [-0.15, -0.1) is 10.2 Å². The van der Waals surface area contributed by atoms with Crippen LogP contribution in [0.15, 0.2) is 84.0 Å². The molecule has 0 radical (unpaired) electrons. The average molecular weight is 415 g/mol. The van der Waals surface area contributed by atoms with Crippen LogP contribution in [0.25, 0.3) is 22.5 Å². The van der Waals surface area contributed by atoms with Gasteiger partial charge in [-0.1, -0.05) is 84.1 Å². The van der Waals surface area contributed by atoms with E-state index >= 15 is 0 Å². The number of thioether (sulfide) groups is 1. The molecule has 0 bridgehead atoms. The smallest absolute Gasteiger partial charge is 0.234 e. The number of hydrogen-bond acceptors (Lipinski definition) is 4. The molecule has 1 heterocycles. The van der Waals surface area contributed by atoms with Crippen molar-refractivity contribution < 1.29 is 4.79 Å². The normalized spacial score (nSPS) is 10.7. The van der Waals surface area contributed by atoms with Gasteiger partial charge < -0.3 is 9.88 Å². The number of amides is 1. The third kappa shape index (κ3) is 4.44. The molecule has 4 rings (SSSR count). The number of carbonyl (C=O) groups excluding carboxylic acids is 1. The van der Waals surface area contributed by atoms with Crippen LogP contribution in [0.1, 0.15) is 5.56 Å². The molecule has 0 fully saturated rings. The first-order valence-electron chi connectivity index (χ1n) is 9.65. The van der Waals surface area contributed by atoms with Gasteiger partial charge in [0.2, 0.25) is 5.91 Å². The van der Waals surface area contributed by atoms with Crippen LogP contribution in [-0.4, -0.2) is 26.4 Å². The number of aromatic nitrogens is 3. The molecule has 1 amide bonds. The largest absolute Gasteiger partial charge is 0.325 e. The molecular formula is C24H22N4OS. The highest BCUT2D eigenvalue weighted by Gasteiger charge is 2.14. The Labute approximate surface area is 180 Å². The number of hydrogen-bond donors (Lipinski definition) is 1. The van der Waals surface area contributed by atoms with E-state index in [0.29, 0.717) is 5.16 Å². The monoisotopic (exact) mass is 414 g/mol. The molecule has 1 aromatic heterocycles. The Kier molecular flexibility index (Phi) is 5.95. The summed E-state index contributed by atoms with van der Waals surface area (Å²) in [5.41, 5.74) is 5.04. The minimum Gasteiger partial charge on any atom is -0.325 e. The Morgan fingerprint density at radius 3 is 2.47 bits per heavy atom. The topological polar surface area (TPSA) is 59.8 Å². The van der Waals surface area contributed by atoms with Gasteiger partial charge in [-0.2, -0.15) is 0 Å². The van der Waals surface area contributed by atoms with Gasteiger partial charge in [-0.3, -0.25) is 4.79 Å². The van der Waals surface area contributed by atoms with Crippen molar-refractivity contribution in [1.29, 1.82) is 0 Å². The molecule has 30 heavy (non-hydrogen) atoms. The second-order valence-electron chi connectivity index (χ2n) is 6.98. The Bertz CT molecular complexity index is 1170. The Balaban J connectivity index is 1.45. The molecule has 0 saturated carbocycles. The van der Waals surface area contributed by atoms with Gasteiger partial charge >= 0.3 is 0 Å². The molecule has 0 atom stereocenters. The van der Waals surface area contributed by atoms with E-state index in [1.54, 1.807) is 0 Å². The number of aryl methyl sites for hydroxylation is 1. The highest BCUT2D eigenvalue weighted by Crippen LogP contribution is 2.28. The molecule has 0 saturated heterocycles. The van der Waals surface area contributed by atoms with E-state index < -0.39 is 0 Å². The minimum absolute atomic E-state index is 0.0801. The fourth-order valence-electron chi connectivity index (χ4n) is 3.25. The van der Waals surface area contributed by atoms with Gasteiger partial charge in [0.1, 0.15) is 0 Å². The van der Waals surface area contributed by atoms with Crippen LogP contribution >= 0.6 is 11.8 Å². The number of anilines is 1. The lowest BCUT2D eigenvalue weighted by Crippen LogP contribution is -2.15. The zero-order valence-corrected chi connectivity index (χ0v) is 17.7. The molecule has 4 aromatic rings. The van der Waals surface area contributed by atoms with Crippen LogP contribution in [0.4, 0.5) is 5.69 Å². The first-order valence-corrected chi connectivity index (χ1v) is 10.6. The van der Waals surface area contributed by atoms with Crippen LogP contribution in [0.5, 0.6) is 0 Å². The number of nitrogens with one attached hydrogen (secondary N) is 1. The van der Waals surface area contributed by atoms with Crippen LogP contribution in [0.2, 0.25) is 0 Å². The van der Waals surface area contributed by atoms with Crippen molar-refractivity contribution in [2.45, 2.75) is 12.1 Å². The van der Waals surface area contributed by atoms with Crippen molar-refractivity contribution in [3.63, 3.8) is 0 Å². The van der Waals surface area contributed by atoms with Crippen molar-refractivity contribution >= 4 is 23.4 Å². The van der Waals surface area contributed by atoms with E-state index in [9.17, 15) is 4.79 Å². The first kappa shape index (κ1) is 19.9. The number of para-hydroxylation sites is 1. The molecule has 5 nitrogen and oxygen atoms in total. The van der Waals surface area contributed by atoms with Gasteiger partial charge in [0.05, 0.1) is 5.75 Å². The summed E-state index contributed by atoms with van der Waals surface area (Å²) in [7, 11) is 1.92. The van der Waals surface area contributed by atoms with Crippen molar-refractivity contribution in [3.05, 3.63) is 84.4 Å². The standard InChI is InChI=1S/C24H22N4OS/c1-17-9-8-12-19(15-17)23-26-27-24(28(23)2)30-16-22(29)25-21-14-7-6-13-20(21)18-10-4-3-5-11-18/h3-15H,16H2,1-2H3,(H,25,29). The molecule has 0 spiro atoms. The highest BCUT2D eigenvalue weighted by atomic mass is 32.2. The number of carbonyl (C=O) groups is 1. The van der Waals surface area contributed by atoms with Gasteiger partial charge in [-0.25, -0.2) is 0 Å². The summed E-state index contributed by atoms with van der Waals surface area (Å²) in [5.74, 6) is 0.961. The zero-order chi connectivity index (χ0) is 20.9. The summed E-state index contributed by atoms with van der Waals surface area (Å²) in [6.07, 6.45) is 0. The summed E-state index contributed by atoms with van der Waals surface area (Å²) in [6.45, 7) is 2.05. The summed E-state index contributed by atoms with van der Waals surface area (Å²) < 4.78 is 1.92. The lowest BCUT2D eigenvalue weighted by molar-refractivity contribution is -0.113. The van der Waals surface area contributed by atoms with E-state index in [2.05, 4.69) is 21.6 Å². The summed E-state index contributed by atoms with van der Waals surface area (Å²) >= 11 is 1.37. The van der Waals surface area contributed by atoms with Crippen molar-refractivity contribution in [2.24, 2.45) is 7.05 Å². The number of rotatable bonds is 6. The lowest BCUT2D eigenvalue weighted by atomic mass is 10.0. The van der Waals surface area contributed by atoms with E-state index in [1.807, 2.05) is 91.3 Å². The van der Waals surface area contributed by atoms with E-state index in [1.165, 1.54) is 17.3 Å². The molecule has 0 aliphatic heterocycles. The van der Waals surface area contributed by atoms with Crippen LogP contribution in [0.3, 0.4) is 0 Å². The predicted octanol–water partition coefficient (Wildman–Crippen LogP) is 5.19. The third-order valence-electron chi connectivity index (χ3n) is 4.73. The van der Waals surface area contributed by atoms with E-state index in [4.69, 9.17) is 0 Å². The Morgan fingerprint density at radius 2 is 1.67 bits per heavy atom. The van der Waals surface area contributed by atoms with Crippen molar-refractivity contribution in [3.8, 4) is 22.5 Å². The quantitative estimate of drug-likeness (QED) is 0.441. The van der Waals surface area contributed by atoms with Gasteiger partial charge in [-0.05, 0) is 24.6 Å². The van der Waals surface area contributed by atoms with Gasteiger partial charge in [0.15, 0.2) is 11.0 Å². The molecule has 0 unspecified atom stereocenters. The highest BCUT2D eigenvalue weighted by molar-refractivity contribution is 7.99. The Morgan fingerprint density at radius 1 is 0.933 bits per heavy atom. The van der Waals surface area contributed by atoms with Crippen LogP contribution < -0.4 is 5.32 Å². The van der Waals surface area contributed by atoms with Gasteiger partial charge in [0, 0.05) is 23.9 Å². The lowest BCUT2D eigenvalue weighted by Gasteiger charge is -2.11. The average Bonchev–Trinajstić information content (AvgIpc) is 3.13. The summed E-state index contributed by atoms with van der Waals surface area (Å²) in [6, 6.07) is 26.0. The molecule has 0 aliphatic carbocycles. The molecule has 6 heteroatoms.